The number of carbonyl (C=O) groups is 2. The maximum atomic E-state index is 12.5. The highest BCUT2D eigenvalue weighted by molar-refractivity contribution is 6.07. The summed E-state index contributed by atoms with van der Waals surface area (Å²) < 4.78 is 0. The molecule has 0 aromatic heterocycles. The van der Waals surface area contributed by atoms with Gasteiger partial charge in [-0.15, -0.1) is 0 Å². The number of aliphatic hydroxyl groups excluding tert-OH is 1. The van der Waals surface area contributed by atoms with Crippen molar-refractivity contribution < 1.29 is 14.7 Å². The number of imide groups is 1. The average Bonchev–Trinajstić information content (AvgIpc) is 2.66. The number of piperidine rings is 1. The lowest BCUT2D eigenvalue weighted by atomic mass is 9.87. The van der Waals surface area contributed by atoms with Gasteiger partial charge in [-0.05, 0) is 19.8 Å². The zero-order chi connectivity index (χ0) is 14.8. The van der Waals surface area contributed by atoms with E-state index < -0.39 is 11.6 Å². The van der Waals surface area contributed by atoms with Crippen molar-refractivity contribution in [3.05, 3.63) is 0 Å². The third-order valence-electron chi connectivity index (χ3n) is 4.05. The number of nitrogens with zero attached hydrogens (tertiary/aromatic N) is 3. The van der Waals surface area contributed by atoms with Gasteiger partial charge in [0.1, 0.15) is 5.54 Å². The van der Waals surface area contributed by atoms with Gasteiger partial charge in [-0.2, -0.15) is 5.26 Å². The maximum Gasteiger partial charge on any atom is 0.325 e. The van der Waals surface area contributed by atoms with Crippen molar-refractivity contribution in [2.75, 3.05) is 32.8 Å². The van der Waals surface area contributed by atoms with Gasteiger partial charge in [0.25, 0.3) is 5.91 Å². The number of likely N-dealkylation sites (tertiary alicyclic amines) is 1. The summed E-state index contributed by atoms with van der Waals surface area (Å²) in [4.78, 5) is 27.7. The van der Waals surface area contributed by atoms with E-state index in [1.54, 1.807) is 6.92 Å². The van der Waals surface area contributed by atoms with E-state index in [0.717, 1.165) is 4.90 Å². The molecule has 2 N–H and O–H groups in total. The van der Waals surface area contributed by atoms with Crippen LogP contribution in [-0.2, 0) is 4.79 Å². The molecule has 0 aromatic carbocycles. The van der Waals surface area contributed by atoms with Crippen LogP contribution in [0.25, 0.3) is 0 Å². The Morgan fingerprint density at radius 1 is 1.45 bits per heavy atom. The Balaban J connectivity index is 2.03. The zero-order valence-electron chi connectivity index (χ0n) is 11.6. The molecular weight excluding hydrogens is 260 g/mol. The molecule has 2 saturated heterocycles. The summed E-state index contributed by atoms with van der Waals surface area (Å²) in [5.74, 6) is -0.581. The van der Waals surface area contributed by atoms with Crippen molar-refractivity contribution in [2.24, 2.45) is 5.92 Å². The first-order valence-electron chi connectivity index (χ1n) is 6.89. The first-order chi connectivity index (χ1) is 9.52. The molecule has 2 heterocycles. The maximum absolute atomic E-state index is 12.5. The molecule has 20 heavy (non-hydrogen) atoms. The van der Waals surface area contributed by atoms with Crippen LogP contribution in [0.4, 0.5) is 4.79 Å². The summed E-state index contributed by atoms with van der Waals surface area (Å²) in [7, 11) is 0. The van der Waals surface area contributed by atoms with Gasteiger partial charge in [-0.3, -0.25) is 9.69 Å². The summed E-state index contributed by atoms with van der Waals surface area (Å²) in [5.41, 5.74) is -0.807. The van der Waals surface area contributed by atoms with E-state index in [-0.39, 0.29) is 25.0 Å². The van der Waals surface area contributed by atoms with Crippen LogP contribution in [-0.4, -0.2) is 65.2 Å². The molecule has 2 rings (SSSR count). The second-order valence-corrected chi connectivity index (χ2v) is 5.52. The molecule has 1 unspecified atom stereocenters. The molecule has 2 aliphatic rings. The Morgan fingerprint density at radius 2 is 2.10 bits per heavy atom. The van der Waals surface area contributed by atoms with E-state index in [1.807, 2.05) is 6.07 Å². The number of rotatable bonds is 4. The Hall–Kier alpha value is -1.65. The number of urea groups is 1. The van der Waals surface area contributed by atoms with Crippen molar-refractivity contribution in [3.63, 3.8) is 0 Å². The third-order valence-corrected chi connectivity index (χ3v) is 4.05. The molecule has 7 nitrogen and oxygen atoms in total. The Labute approximate surface area is 118 Å². The van der Waals surface area contributed by atoms with Crippen LogP contribution in [0.3, 0.4) is 0 Å². The molecule has 0 radical (unpaired) electrons. The number of carbonyl (C=O) groups excluding carboxylic acids is 2. The molecule has 1 atom stereocenters. The molecule has 0 bridgehead atoms. The Morgan fingerprint density at radius 3 is 2.65 bits per heavy atom. The summed E-state index contributed by atoms with van der Waals surface area (Å²) in [5, 5.41) is 20.5. The average molecular weight is 280 g/mol. The molecule has 1 spiro atoms. The van der Waals surface area contributed by atoms with E-state index in [1.165, 1.54) is 0 Å². The normalized spacial score (nSPS) is 23.8. The van der Waals surface area contributed by atoms with Crippen molar-refractivity contribution in [3.8, 4) is 6.07 Å². The largest absolute Gasteiger partial charge is 0.395 e. The van der Waals surface area contributed by atoms with Gasteiger partial charge < -0.3 is 15.3 Å². The van der Waals surface area contributed by atoms with E-state index in [0.29, 0.717) is 32.5 Å². The summed E-state index contributed by atoms with van der Waals surface area (Å²) in [6.07, 6.45) is 1.10. The predicted octanol–water partition coefficient (Wildman–Crippen LogP) is -0.475. The lowest BCUT2D eigenvalue weighted by Crippen LogP contribution is -2.55. The smallest absolute Gasteiger partial charge is 0.325 e. The first kappa shape index (κ1) is 14.8. The second-order valence-electron chi connectivity index (χ2n) is 5.52. The van der Waals surface area contributed by atoms with Gasteiger partial charge in [-0.1, -0.05) is 0 Å². The van der Waals surface area contributed by atoms with E-state index in [9.17, 15) is 9.59 Å². The lowest BCUT2D eigenvalue weighted by Gasteiger charge is -2.37. The number of β-amino-alcohol motifs (C(OH)–C–C–N with tert-alkyl or cyclic N) is 1. The molecular formula is C13H20N4O3. The third kappa shape index (κ3) is 2.62. The van der Waals surface area contributed by atoms with Crippen LogP contribution < -0.4 is 5.32 Å². The van der Waals surface area contributed by atoms with E-state index >= 15 is 0 Å². The molecule has 2 aliphatic heterocycles. The van der Waals surface area contributed by atoms with Crippen LogP contribution in [0.5, 0.6) is 0 Å². The van der Waals surface area contributed by atoms with Crippen LogP contribution in [0.2, 0.25) is 0 Å². The molecule has 2 fully saturated rings. The minimum absolute atomic E-state index is 0.0963. The fourth-order valence-electron chi connectivity index (χ4n) is 2.80. The number of amides is 3. The van der Waals surface area contributed by atoms with Crippen LogP contribution in [0, 0.1) is 17.2 Å². The van der Waals surface area contributed by atoms with Crippen LogP contribution in [0.15, 0.2) is 0 Å². The van der Waals surface area contributed by atoms with Crippen molar-refractivity contribution in [2.45, 2.75) is 25.3 Å². The fourth-order valence-corrected chi connectivity index (χ4v) is 2.80. The second kappa shape index (κ2) is 5.77. The molecule has 3 amide bonds. The standard InChI is InChI=1S/C13H20N4O3/c1-10(8-14)9-17-11(19)13(15-12(17)20)2-4-16(5-3-13)6-7-18/h10,18H,2-7,9H2,1H3,(H,15,20). The highest BCUT2D eigenvalue weighted by atomic mass is 16.3. The monoisotopic (exact) mass is 280 g/mol. The summed E-state index contributed by atoms with van der Waals surface area (Å²) >= 11 is 0. The molecule has 110 valence electrons. The minimum atomic E-state index is -0.807. The van der Waals surface area contributed by atoms with Gasteiger partial charge in [0.15, 0.2) is 0 Å². The van der Waals surface area contributed by atoms with E-state index in [4.69, 9.17) is 10.4 Å². The predicted molar refractivity (Wildman–Crippen MR) is 70.5 cm³/mol. The fraction of sp³-hybridized carbons (Fsp3) is 0.769. The number of aliphatic hydroxyl groups is 1. The van der Waals surface area contributed by atoms with E-state index in [2.05, 4.69) is 10.2 Å². The van der Waals surface area contributed by atoms with Crippen molar-refractivity contribution >= 4 is 11.9 Å². The van der Waals surface area contributed by atoms with Crippen molar-refractivity contribution in [1.82, 2.24) is 15.1 Å². The topological polar surface area (TPSA) is 96.7 Å². The van der Waals surface area contributed by atoms with Gasteiger partial charge in [0, 0.05) is 26.2 Å². The molecule has 0 saturated carbocycles. The lowest BCUT2D eigenvalue weighted by molar-refractivity contribution is -0.133. The van der Waals surface area contributed by atoms with Gasteiger partial charge >= 0.3 is 6.03 Å². The molecule has 0 aliphatic carbocycles. The minimum Gasteiger partial charge on any atom is -0.395 e. The number of hydrogen-bond acceptors (Lipinski definition) is 5. The first-order valence-corrected chi connectivity index (χ1v) is 6.89. The van der Waals surface area contributed by atoms with Crippen LogP contribution >= 0.6 is 0 Å². The van der Waals surface area contributed by atoms with Gasteiger partial charge in [0.05, 0.1) is 18.6 Å². The summed E-state index contributed by atoms with van der Waals surface area (Å²) in [6, 6.07) is 1.64. The number of nitriles is 1. The zero-order valence-corrected chi connectivity index (χ0v) is 11.6. The molecule has 7 heteroatoms. The van der Waals surface area contributed by atoms with Crippen molar-refractivity contribution in [1.29, 1.82) is 5.26 Å². The van der Waals surface area contributed by atoms with Crippen LogP contribution in [0.1, 0.15) is 19.8 Å². The molecule has 0 aromatic rings. The highest BCUT2D eigenvalue weighted by Gasteiger charge is 2.52. The quantitative estimate of drug-likeness (QED) is 0.678. The van der Waals surface area contributed by atoms with Gasteiger partial charge in [0.2, 0.25) is 0 Å². The SMILES string of the molecule is CC(C#N)CN1C(=O)NC2(CCN(CCO)CC2)C1=O. The van der Waals surface area contributed by atoms with Gasteiger partial charge in [-0.25, -0.2) is 4.79 Å². The highest BCUT2D eigenvalue weighted by Crippen LogP contribution is 2.29. The Bertz CT molecular complexity index is 437. The number of hydrogen-bond donors (Lipinski definition) is 2. The number of nitrogens with one attached hydrogen (secondary N) is 1. The Kier molecular flexibility index (Phi) is 4.26. The summed E-state index contributed by atoms with van der Waals surface area (Å²) in [6.45, 7) is 3.87.